The number of imidazole rings is 1. The van der Waals surface area contributed by atoms with Crippen molar-refractivity contribution in [2.24, 2.45) is 0 Å². The van der Waals surface area contributed by atoms with Gasteiger partial charge in [0, 0.05) is 23.1 Å². The van der Waals surface area contributed by atoms with Gasteiger partial charge >= 0.3 is 0 Å². The Hall–Kier alpha value is -2.01. The fourth-order valence-electron chi connectivity index (χ4n) is 3.18. The van der Waals surface area contributed by atoms with E-state index in [4.69, 9.17) is 4.98 Å². The van der Waals surface area contributed by atoms with E-state index in [-0.39, 0.29) is 0 Å². The third-order valence-electron chi connectivity index (χ3n) is 4.62. The van der Waals surface area contributed by atoms with Gasteiger partial charge in [-0.3, -0.25) is 0 Å². The van der Waals surface area contributed by atoms with Gasteiger partial charge in [0.05, 0.1) is 11.0 Å². The molecule has 0 saturated heterocycles. The number of benzene rings is 2. The Kier molecular flexibility index (Phi) is 6.56. The van der Waals surface area contributed by atoms with Crippen LogP contribution in [0.2, 0.25) is 0 Å². The topological polar surface area (TPSA) is 50.1 Å². The molecule has 0 unspecified atom stereocenters. The van der Waals surface area contributed by atoms with Gasteiger partial charge < -0.3 is 15.0 Å². The van der Waals surface area contributed by atoms with Crippen LogP contribution in [0.4, 0.5) is 5.95 Å². The third kappa shape index (κ3) is 4.58. The lowest BCUT2D eigenvalue weighted by Gasteiger charge is -2.12. The van der Waals surface area contributed by atoms with Gasteiger partial charge in [-0.1, -0.05) is 60.7 Å². The van der Waals surface area contributed by atoms with Gasteiger partial charge in [0.25, 0.3) is 0 Å². The molecule has 0 spiro atoms. The van der Waals surface area contributed by atoms with Gasteiger partial charge in [-0.15, -0.1) is 0 Å². The molecule has 26 heavy (non-hydrogen) atoms. The molecule has 5 heteroatoms. The predicted molar refractivity (Wildman–Crippen MR) is 112 cm³/mol. The number of aromatic nitrogens is 2. The molecule has 0 bridgehead atoms. The summed E-state index contributed by atoms with van der Waals surface area (Å²) in [6, 6.07) is 13.7. The van der Waals surface area contributed by atoms with Crippen LogP contribution in [0.5, 0.6) is 5.75 Å². The number of hydrogen-bond donors (Lipinski definition) is 2. The van der Waals surface area contributed by atoms with Gasteiger partial charge in [-0.2, -0.15) is 0 Å². The number of aromatic hydroxyl groups is 1. The highest BCUT2D eigenvalue weighted by molar-refractivity contribution is 9.10. The highest BCUT2D eigenvalue weighted by Gasteiger charge is 2.11. The SMILES string of the molecule is CCCCCCCn1c(NCc2cc(Br)ccc2O)nc2ccccc21. The molecule has 2 aromatic carbocycles. The van der Waals surface area contributed by atoms with Crippen molar-refractivity contribution in [1.29, 1.82) is 0 Å². The van der Waals surface area contributed by atoms with E-state index >= 15 is 0 Å². The zero-order valence-corrected chi connectivity index (χ0v) is 16.8. The second-order valence-corrected chi connectivity index (χ2v) is 7.53. The second-order valence-electron chi connectivity index (χ2n) is 6.62. The largest absolute Gasteiger partial charge is 0.508 e. The number of nitrogens with one attached hydrogen (secondary N) is 1. The molecule has 3 rings (SSSR count). The van der Waals surface area contributed by atoms with Crippen molar-refractivity contribution in [3.63, 3.8) is 0 Å². The number of nitrogens with zero attached hydrogens (tertiary/aromatic N) is 2. The molecule has 138 valence electrons. The van der Waals surface area contributed by atoms with E-state index in [0.29, 0.717) is 12.3 Å². The average Bonchev–Trinajstić information content (AvgIpc) is 3.00. The van der Waals surface area contributed by atoms with Crippen LogP contribution >= 0.6 is 15.9 Å². The number of aryl methyl sites for hydroxylation is 1. The van der Waals surface area contributed by atoms with E-state index in [1.165, 1.54) is 25.7 Å². The molecule has 0 aliphatic carbocycles. The summed E-state index contributed by atoms with van der Waals surface area (Å²) in [5.74, 6) is 1.16. The second kappa shape index (κ2) is 9.08. The predicted octanol–water partition coefficient (Wildman–Crippen LogP) is 6.09. The monoisotopic (exact) mass is 415 g/mol. The zero-order valence-electron chi connectivity index (χ0n) is 15.2. The average molecular weight is 416 g/mol. The summed E-state index contributed by atoms with van der Waals surface area (Å²) in [5, 5.41) is 13.5. The fraction of sp³-hybridized carbons (Fsp3) is 0.381. The highest BCUT2D eigenvalue weighted by Crippen LogP contribution is 2.25. The van der Waals surface area contributed by atoms with E-state index in [1.807, 2.05) is 24.3 Å². The van der Waals surface area contributed by atoms with E-state index in [9.17, 15) is 5.11 Å². The zero-order chi connectivity index (χ0) is 18.4. The molecular formula is C21H26BrN3O. The summed E-state index contributed by atoms with van der Waals surface area (Å²) in [6.45, 7) is 3.73. The van der Waals surface area contributed by atoms with Gasteiger partial charge in [0.2, 0.25) is 5.95 Å². The summed E-state index contributed by atoms with van der Waals surface area (Å²) in [5.41, 5.74) is 3.01. The van der Waals surface area contributed by atoms with Crippen LogP contribution in [-0.4, -0.2) is 14.7 Å². The van der Waals surface area contributed by atoms with Gasteiger partial charge in [0.15, 0.2) is 0 Å². The molecule has 2 N–H and O–H groups in total. The summed E-state index contributed by atoms with van der Waals surface area (Å²) in [7, 11) is 0. The molecular weight excluding hydrogens is 390 g/mol. The van der Waals surface area contributed by atoms with Gasteiger partial charge in [-0.25, -0.2) is 4.98 Å². The number of unbranched alkanes of at least 4 members (excludes halogenated alkanes) is 4. The minimum Gasteiger partial charge on any atom is -0.508 e. The molecule has 1 aromatic heterocycles. The Labute approximate surface area is 163 Å². The van der Waals surface area contributed by atoms with E-state index in [1.54, 1.807) is 6.07 Å². The number of para-hydroxylation sites is 2. The minimum absolute atomic E-state index is 0.294. The number of fused-ring (bicyclic) bond motifs is 1. The van der Waals surface area contributed by atoms with Gasteiger partial charge in [-0.05, 0) is 36.8 Å². The Morgan fingerprint density at radius 3 is 2.73 bits per heavy atom. The van der Waals surface area contributed by atoms with Crippen molar-refractivity contribution in [1.82, 2.24) is 9.55 Å². The first kappa shape index (κ1) is 18.8. The van der Waals surface area contributed by atoms with Crippen LogP contribution in [0.25, 0.3) is 11.0 Å². The number of rotatable bonds is 9. The number of hydrogen-bond acceptors (Lipinski definition) is 3. The van der Waals surface area contributed by atoms with Crippen molar-refractivity contribution < 1.29 is 5.11 Å². The van der Waals surface area contributed by atoms with E-state index < -0.39 is 0 Å². The molecule has 0 radical (unpaired) electrons. The molecule has 0 aliphatic rings. The smallest absolute Gasteiger partial charge is 0.204 e. The lowest BCUT2D eigenvalue weighted by Crippen LogP contribution is -2.08. The number of phenols is 1. The van der Waals surface area contributed by atoms with Crippen molar-refractivity contribution in [2.75, 3.05) is 5.32 Å². The van der Waals surface area contributed by atoms with E-state index in [2.05, 4.69) is 44.9 Å². The Morgan fingerprint density at radius 1 is 1.08 bits per heavy atom. The first-order valence-electron chi connectivity index (χ1n) is 9.35. The first-order chi connectivity index (χ1) is 12.7. The maximum atomic E-state index is 10.1. The molecule has 4 nitrogen and oxygen atoms in total. The van der Waals surface area contributed by atoms with Gasteiger partial charge in [0.1, 0.15) is 5.75 Å². The quantitative estimate of drug-likeness (QED) is 0.415. The van der Waals surface area contributed by atoms with Crippen molar-refractivity contribution in [2.45, 2.75) is 52.1 Å². The van der Waals surface area contributed by atoms with Crippen LogP contribution in [0.3, 0.4) is 0 Å². The number of anilines is 1. The molecule has 0 atom stereocenters. The molecule has 0 amide bonds. The lowest BCUT2D eigenvalue weighted by molar-refractivity contribution is 0.469. The van der Waals surface area contributed by atoms with E-state index in [0.717, 1.165) is 40.0 Å². The fourth-order valence-corrected chi connectivity index (χ4v) is 3.59. The Bertz CT molecular complexity index is 860. The van der Waals surface area contributed by atoms with Crippen LogP contribution in [0.1, 0.15) is 44.6 Å². The normalized spacial score (nSPS) is 11.2. The molecule has 3 aromatic rings. The van der Waals surface area contributed by atoms with Crippen molar-refractivity contribution in [3.8, 4) is 5.75 Å². The molecule has 0 fully saturated rings. The van der Waals surface area contributed by atoms with Crippen LogP contribution in [0.15, 0.2) is 46.9 Å². The molecule has 0 aliphatic heterocycles. The highest BCUT2D eigenvalue weighted by atomic mass is 79.9. The summed E-state index contributed by atoms with van der Waals surface area (Å²) in [4.78, 5) is 4.75. The Balaban J connectivity index is 1.76. The number of phenolic OH excluding ortho intramolecular Hbond substituents is 1. The maximum absolute atomic E-state index is 10.1. The standard InChI is InChI=1S/C21H26BrN3O/c1-2-3-4-5-8-13-25-19-10-7-6-9-18(19)24-21(25)23-15-16-14-17(22)11-12-20(16)26/h6-7,9-12,14,26H,2-5,8,13,15H2,1H3,(H,23,24). The van der Waals surface area contributed by atoms with Crippen molar-refractivity contribution >= 4 is 32.9 Å². The molecule has 0 saturated carbocycles. The first-order valence-corrected chi connectivity index (χ1v) is 10.1. The summed E-state index contributed by atoms with van der Waals surface area (Å²) < 4.78 is 3.22. The Morgan fingerprint density at radius 2 is 1.88 bits per heavy atom. The van der Waals surface area contributed by atoms with Crippen molar-refractivity contribution in [3.05, 3.63) is 52.5 Å². The third-order valence-corrected chi connectivity index (χ3v) is 5.11. The minimum atomic E-state index is 0.294. The number of halogens is 1. The summed E-state index contributed by atoms with van der Waals surface area (Å²) in [6.07, 6.45) is 6.25. The lowest BCUT2D eigenvalue weighted by atomic mass is 10.1. The van der Waals surface area contributed by atoms with Crippen LogP contribution in [-0.2, 0) is 13.1 Å². The maximum Gasteiger partial charge on any atom is 0.204 e. The van der Waals surface area contributed by atoms with Crippen LogP contribution in [0, 0.1) is 0 Å². The van der Waals surface area contributed by atoms with Crippen LogP contribution < -0.4 is 5.32 Å². The molecule has 1 heterocycles. The summed E-state index contributed by atoms with van der Waals surface area (Å²) >= 11 is 3.46.